The lowest BCUT2D eigenvalue weighted by Gasteiger charge is -2.05. The maximum Gasteiger partial charge on any atom is 0.359 e. The molecule has 0 atom stereocenters. The Morgan fingerprint density at radius 2 is 1.81 bits per heavy atom. The molecule has 21 heavy (non-hydrogen) atoms. The Morgan fingerprint density at radius 1 is 1.10 bits per heavy atom. The van der Waals surface area contributed by atoms with Crippen LogP contribution in [0, 0.1) is 11.3 Å². The number of carbonyl (C=O) groups excluding carboxylic acids is 1. The summed E-state index contributed by atoms with van der Waals surface area (Å²) >= 11 is 0. The number of hydrogen-bond acceptors (Lipinski definition) is 5. The number of fused-ring (bicyclic) bond motifs is 1. The maximum absolute atomic E-state index is 12.1. The van der Waals surface area contributed by atoms with Gasteiger partial charge in [0.15, 0.2) is 11.3 Å². The summed E-state index contributed by atoms with van der Waals surface area (Å²) in [6.45, 7) is 0. The van der Waals surface area contributed by atoms with Gasteiger partial charge in [-0.25, -0.2) is 4.79 Å². The molecule has 2 aromatic rings. The first-order chi connectivity index (χ1) is 10.3. The number of rotatable bonds is 2. The van der Waals surface area contributed by atoms with E-state index >= 15 is 0 Å². The summed E-state index contributed by atoms with van der Waals surface area (Å²) < 4.78 is 10.6. The second kappa shape index (κ2) is 5.39. The van der Waals surface area contributed by atoms with Crippen molar-refractivity contribution in [1.82, 2.24) is 0 Å². The molecule has 0 aromatic heterocycles. The van der Waals surface area contributed by atoms with Crippen LogP contribution in [0.15, 0.2) is 66.1 Å². The van der Waals surface area contributed by atoms with Gasteiger partial charge >= 0.3 is 5.97 Å². The molecule has 3 rings (SSSR count). The molecule has 1 N–H and O–H groups in total. The zero-order chi connectivity index (χ0) is 14.7. The van der Waals surface area contributed by atoms with E-state index in [1.807, 2.05) is 12.1 Å². The molecule has 5 nitrogen and oxygen atoms in total. The summed E-state index contributed by atoms with van der Waals surface area (Å²) in [5.74, 6) is 0.248. The van der Waals surface area contributed by atoms with Gasteiger partial charge in [-0.2, -0.15) is 5.26 Å². The van der Waals surface area contributed by atoms with Crippen molar-refractivity contribution in [2.45, 2.75) is 0 Å². The maximum atomic E-state index is 12.1. The van der Waals surface area contributed by atoms with Gasteiger partial charge in [0.25, 0.3) is 0 Å². The van der Waals surface area contributed by atoms with Crippen LogP contribution in [0.2, 0.25) is 0 Å². The zero-order valence-electron chi connectivity index (χ0n) is 10.9. The Bertz CT molecular complexity index is 734. The first-order valence-corrected chi connectivity index (χ1v) is 6.23. The fourth-order valence-corrected chi connectivity index (χ4v) is 1.87. The first-order valence-electron chi connectivity index (χ1n) is 6.23. The van der Waals surface area contributed by atoms with Crippen molar-refractivity contribution in [2.24, 2.45) is 0 Å². The van der Waals surface area contributed by atoms with Crippen LogP contribution in [-0.4, -0.2) is 5.97 Å². The first kappa shape index (κ1) is 12.8. The molecule has 0 amide bonds. The SMILES string of the molecule is N#CC(C(=O)Oc1ccccc1)=C1Nc2ccccc2O1. The van der Waals surface area contributed by atoms with Crippen molar-refractivity contribution in [3.63, 3.8) is 0 Å². The van der Waals surface area contributed by atoms with Gasteiger partial charge in [-0.05, 0) is 24.3 Å². The van der Waals surface area contributed by atoms with Gasteiger partial charge in [0.1, 0.15) is 11.8 Å². The minimum Gasteiger partial charge on any atom is -0.437 e. The van der Waals surface area contributed by atoms with Crippen LogP contribution >= 0.6 is 0 Å². The highest BCUT2D eigenvalue weighted by Gasteiger charge is 2.25. The number of ether oxygens (including phenoxy) is 2. The third-order valence-corrected chi connectivity index (χ3v) is 2.84. The van der Waals surface area contributed by atoms with Crippen LogP contribution in [0.3, 0.4) is 0 Å². The van der Waals surface area contributed by atoms with E-state index in [0.29, 0.717) is 17.2 Å². The van der Waals surface area contributed by atoms with Crippen LogP contribution < -0.4 is 14.8 Å². The summed E-state index contributed by atoms with van der Waals surface area (Å²) in [4.78, 5) is 12.1. The zero-order valence-corrected chi connectivity index (χ0v) is 10.9. The molecule has 0 unspecified atom stereocenters. The number of hydrogen-bond donors (Lipinski definition) is 1. The molecule has 2 aromatic carbocycles. The molecular formula is C16H10N2O3. The number of nitriles is 1. The second-order valence-electron chi connectivity index (χ2n) is 4.24. The molecule has 1 aliphatic rings. The molecule has 1 heterocycles. The van der Waals surface area contributed by atoms with Gasteiger partial charge in [-0.1, -0.05) is 30.3 Å². The minimum absolute atomic E-state index is 0.0830. The molecule has 5 heteroatoms. The van der Waals surface area contributed by atoms with Crippen LogP contribution in [0.5, 0.6) is 11.5 Å². The van der Waals surface area contributed by atoms with E-state index in [4.69, 9.17) is 9.47 Å². The Morgan fingerprint density at radius 3 is 2.52 bits per heavy atom. The quantitative estimate of drug-likeness (QED) is 0.396. The van der Waals surface area contributed by atoms with Crippen molar-refractivity contribution >= 4 is 11.7 Å². The van der Waals surface area contributed by atoms with Crippen LogP contribution in [0.4, 0.5) is 5.69 Å². The summed E-state index contributed by atoms with van der Waals surface area (Å²) in [6.07, 6.45) is 0. The average Bonchev–Trinajstić information content (AvgIpc) is 2.92. The number of carbonyl (C=O) groups is 1. The van der Waals surface area contributed by atoms with Gasteiger partial charge in [-0.3, -0.25) is 0 Å². The van der Waals surface area contributed by atoms with E-state index in [9.17, 15) is 10.1 Å². The van der Waals surface area contributed by atoms with Crippen molar-refractivity contribution < 1.29 is 14.3 Å². The molecule has 1 aliphatic heterocycles. The number of nitrogens with one attached hydrogen (secondary N) is 1. The molecule has 0 spiro atoms. The summed E-state index contributed by atoms with van der Waals surface area (Å²) in [6, 6.07) is 17.5. The highest BCUT2D eigenvalue weighted by atomic mass is 16.5. The van der Waals surface area contributed by atoms with E-state index in [2.05, 4.69) is 5.32 Å². The predicted octanol–water partition coefficient (Wildman–Crippen LogP) is 2.83. The monoisotopic (exact) mass is 278 g/mol. The average molecular weight is 278 g/mol. The second-order valence-corrected chi connectivity index (χ2v) is 4.24. The van der Waals surface area contributed by atoms with Crippen molar-refractivity contribution in [3.05, 3.63) is 66.1 Å². The van der Waals surface area contributed by atoms with E-state index < -0.39 is 5.97 Å². The highest BCUT2D eigenvalue weighted by molar-refractivity contribution is 5.95. The van der Waals surface area contributed by atoms with Gasteiger partial charge < -0.3 is 14.8 Å². The molecule has 0 bridgehead atoms. The van der Waals surface area contributed by atoms with Crippen molar-refractivity contribution in [2.75, 3.05) is 5.32 Å². The van der Waals surface area contributed by atoms with E-state index in [1.165, 1.54) is 0 Å². The standard InChI is InChI=1S/C16H10N2O3/c17-10-12(16(19)20-11-6-2-1-3-7-11)15-18-13-8-4-5-9-14(13)21-15/h1-9,18H. The highest BCUT2D eigenvalue weighted by Crippen LogP contribution is 2.33. The van der Waals surface area contributed by atoms with Gasteiger partial charge in [0.2, 0.25) is 5.88 Å². The topological polar surface area (TPSA) is 71.4 Å². The summed E-state index contributed by atoms with van der Waals surface area (Å²) in [5.41, 5.74) is 0.489. The summed E-state index contributed by atoms with van der Waals surface area (Å²) in [7, 11) is 0. The molecule has 0 saturated carbocycles. The smallest absolute Gasteiger partial charge is 0.359 e. The van der Waals surface area contributed by atoms with E-state index in [0.717, 1.165) is 0 Å². The van der Waals surface area contributed by atoms with Crippen LogP contribution in [0.1, 0.15) is 0 Å². The Kier molecular flexibility index (Phi) is 3.27. The summed E-state index contributed by atoms with van der Waals surface area (Å²) in [5, 5.41) is 12.1. The number of anilines is 1. The fraction of sp³-hybridized carbons (Fsp3) is 0. The van der Waals surface area contributed by atoms with E-state index in [1.54, 1.807) is 48.5 Å². The number of benzene rings is 2. The van der Waals surface area contributed by atoms with Gasteiger partial charge in [0.05, 0.1) is 5.69 Å². The fourth-order valence-electron chi connectivity index (χ4n) is 1.87. The van der Waals surface area contributed by atoms with Gasteiger partial charge in [0, 0.05) is 0 Å². The molecule has 0 radical (unpaired) electrons. The molecular weight excluding hydrogens is 268 g/mol. The number of para-hydroxylation sites is 3. The molecule has 0 aliphatic carbocycles. The van der Waals surface area contributed by atoms with Crippen molar-refractivity contribution in [3.8, 4) is 17.6 Å². The Balaban J connectivity index is 1.85. The predicted molar refractivity (Wildman–Crippen MR) is 75.4 cm³/mol. The normalized spacial score (nSPS) is 14.2. The minimum atomic E-state index is -0.765. The lowest BCUT2D eigenvalue weighted by Crippen LogP contribution is -2.15. The number of esters is 1. The van der Waals surface area contributed by atoms with Crippen LogP contribution in [-0.2, 0) is 4.79 Å². The third kappa shape index (κ3) is 2.55. The molecule has 102 valence electrons. The molecule has 0 saturated heterocycles. The number of nitrogens with zero attached hydrogens (tertiary/aromatic N) is 1. The van der Waals surface area contributed by atoms with E-state index in [-0.39, 0.29) is 11.5 Å². The van der Waals surface area contributed by atoms with Crippen LogP contribution in [0.25, 0.3) is 0 Å². The van der Waals surface area contributed by atoms with Crippen molar-refractivity contribution in [1.29, 1.82) is 5.26 Å². The lowest BCUT2D eigenvalue weighted by atomic mass is 10.3. The Hall–Kier alpha value is -3.26. The van der Waals surface area contributed by atoms with Gasteiger partial charge in [-0.15, -0.1) is 0 Å². The Labute approximate surface area is 121 Å². The lowest BCUT2D eigenvalue weighted by molar-refractivity contribution is -0.129. The largest absolute Gasteiger partial charge is 0.437 e. The molecule has 0 fully saturated rings. The third-order valence-electron chi connectivity index (χ3n) is 2.84.